The Morgan fingerprint density at radius 2 is 1.18 bits per heavy atom. The third-order valence-electron chi connectivity index (χ3n) is 13.2. The number of benzene rings is 3. The van der Waals surface area contributed by atoms with E-state index in [-0.39, 0.29) is 10.6 Å². The van der Waals surface area contributed by atoms with Gasteiger partial charge in [0.15, 0.2) is 0 Å². The molecule has 4 aliphatic carbocycles. The van der Waals surface area contributed by atoms with E-state index in [0.29, 0.717) is 11.8 Å². The van der Waals surface area contributed by atoms with Crippen LogP contribution in [0.25, 0.3) is 22.3 Å². The van der Waals surface area contributed by atoms with Gasteiger partial charge in [0.1, 0.15) is 0 Å². The van der Waals surface area contributed by atoms with E-state index in [1.54, 1.807) is 11.1 Å². The third kappa shape index (κ3) is 4.89. The summed E-state index contributed by atoms with van der Waals surface area (Å²) in [6, 6.07) is 28.1. The van der Waals surface area contributed by atoms with Gasteiger partial charge in [0.05, 0.1) is 0 Å². The fraction of sp³-hybridized carbons (Fsp3) is 0.550. The summed E-state index contributed by atoms with van der Waals surface area (Å²) in [7, 11) is 6.98. The third-order valence-corrected chi connectivity index (χ3v) is 15.1. The minimum Gasteiger partial charge on any atom is -0.316 e. The average molecular weight is 623 g/mol. The Morgan fingerprint density at radius 1 is 0.682 bits per heavy atom. The summed E-state index contributed by atoms with van der Waals surface area (Å²) in [5.74, 6) is 4.79. The standard InChI is InChI=1S/C40H52N2P2/c43-26-39(33-18-27-17-28(20-33)21-34(39)19-27)37-22-35(29-9-3-1-4-10-29)36(30-11-5-2-6-12-30)23-38(37)40(44,31-13-7-15-41-24-31)32-14-8-16-42-25-32/h1-6,9-12,22-23,27-28,31-34,41-42H,7-8,13-21,24-26,43-44H2. The van der Waals surface area contributed by atoms with Gasteiger partial charge < -0.3 is 10.6 Å². The largest absolute Gasteiger partial charge is 0.316 e. The van der Waals surface area contributed by atoms with Crippen molar-refractivity contribution in [3.05, 3.63) is 83.9 Å². The van der Waals surface area contributed by atoms with Crippen molar-refractivity contribution in [2.75, 3.05) is 32.3 Å². The topological polar surface area (TPSA) is 24.1 Å². The second-order valence-corrected chi connectivity index (χ2v) is 16.6. The van der Waals surface area contributed by atoms with E-state index in [9.17, 15) is 0 Å². The van der Waals surface area contributed by atoms with Gasteiger partial charge in [-0.25, -0.2) is 0 Å². The highest BCUT2D eigenvalue weighted by Crippen LogP contribution is 2.66. The minimum atomic E-state index is 0.0381. The van der Waals surface area contributed by atoms with Gasteiger partial charge in [-0.05, 0) is 171 Å². The molecule has 2 nitrogen and oxygen atoms in total. The van der Waals surface area contributed by atoms with Crippen LogP contribution in [0.5, 0.6) is 0 Å². The summed E-state index contributed by atoms with van der Waals surface area (Å²) in [5, 5.41) is 7.78. The first-order valence-electron chi connectivity index (χ1n) is 17.8. The highest BCUT2D eigenvalue weighted by molar-refractivity contribution is 7.18. The second-order valence-electron chi connectivity index (χ2n) is 15.2. The van der Waals surface area contributed by atoms with E-state index < -0.39 is 0 Å². The predicted molar refractivity (Wildman–Crippen MR) is 193 cm³/mol. The molecular weight excluding hydrogens is 570 g/mol. The first kappa shape index (κ1) is 29.8. The van der Waals surface area contributed by atoms with Crippen molar-refractivity contribution in [2.24, 2.45) is 35.5 Å². The number of hydrogen-bond donors (Lipinski definition) is 2. The first-order chi connectivity index (χ1) is 21.6. The van der Waals surface area contributed by atoms with Crippen LogP contribution in [0.4, 0.5) is 0 Å². The maximum atomic E-state index is 3.87. The van der Waals surface area contributed by atoms with E-state index in [2.05, 4.69) is 102 Å². The Kier molecular flexibility index (Phi) is 8.29. The van der Waals surface area contributed by atoms with Crippen LogP contribution in [-0.2, 0) is 10.6 Å². The second kappa shape index (κ2) is 12.2. The van der Waals surface area contributed by atoms with Crippen molar-refractivity contribution in [3.8, 4) is 22.3 Å². The fourth-order valence-corrected chi connectivity index (χ4v) is 13.0. The lowest BCUT2D eigenvalue weighted by atomic mass is 9.43. The molecule has 0 radical (unpaired) electrons. The van der Waals surface area contributed by atoms with Crippen molar-refractivity contribution in [1.29, 1.82) is 0 Å². The Hall–Kier alpha value is -1.56. The highest BCUT2D eigenvalue weighted by atomic mass is 31.0. The molecular formula is C40H52N2P2. The van der Waals surface area contributed by atoms with Crippen molar-refractivity contribution < 1.29 is 0 Å². The van der Waals surface area contributed by atoms with Crippen LogP contribution in [0.2, 0.25) is 0 Å². The normalized spacial score (nSPS) is 34.5. The summed E-state index contributed by atoms with van der Waals surface area (Å²) < 4.78 is 0. The van der Waals surface area contributed by atoms with Crippen LogP contribution in [0, 0.1) is 35.5 Å². The Balaban J connectivity index is 1.43. The maximum absolute atomic E-state index is 3.87. The molecule has 6 fully saturated rings. The predicted octanol–water partition coefficient (Wildman–Crippen LogP) is 8.66. The van der Waals surface area contributed by atoms with Crippen LogP contribution in [-0.4, -0.2) is 32.3 Å². The zero-order valence-electron chi connectivity index (χ0n) is 26.4. The molecule has 232 valence electrons. The van der Waals surface area contributed by atoms with Crippen LogP contribution >= 0.6 is 18.5 Å². The molecule has 0 amide bonds. The lowest BCUT2D eigenvalue weighted by Gasteiger charge is -2.63. The van der Waals surface area contributed by atoms with Crippen molar-refractivity contribution in [2.45, 2.75) is 68.4 Å². The summed E-state index contributed by atoms with van der Waals surface area (Å²) in [6.07, 6.45) is 13.7. The summed E-state index contributed by atoms with van der Waals surface area (Å²) >= 11 is 0. The van der Waals surface area contributed by atoms with Crippen LogP contribution in [0.15, 0.2) is 72.8 Å². The smallest absolute Gasteiger partial charge is 0.0181 e. The molecule has 2 heterocycles. The van der Waals surface area contributed by atoms with Gasteiger partial charge in [0.2, 0.25) is 0 Å². The van der Waals surface area contributed by atoms with E-state index in [1.807, 2.05) is 0 Å². The molecule has 0 spiro atoms. The molecule has 9 rings (SSSR count). The number of rotatable bonds is 7. The zero-order chi connectivity index (χ0) is 29.7. The number of piperidine rings is 2. The van der Waals surface area contributed by atoms with E-state index in [4.69, 9.17) is 0 Å². The summed E-state index contributed by atoms with van der Waals surface area (Å²) in [5.41, 5.74) is 9.20. The maximum Gasteiger partial charge on any atom is 0.0181 e. The van der Waals surface area contributed by atoms with Gasteiger partial charge in [-0.3, -0.25) is 0 Å². The molecule has 6 aliphatic rings. The molecule has 4 heteroatoms. The van der Waals surface area contributed by atoms with Crippen molar-refractivity contribution in [1.82, 2.24) is 10.6 Å². The Morgan fingerprint density at radius 3 is 1.64 bits per heavy atom. The van der Waals surface area contributed by atoms with Crippen LogP contribution in [0.3, 0.4) is 0 Å². The van der Waals surface area contributed by atoms with Gasteiger partial charge >= 0.3 is 0 Å². The molecule has 4 saturated carbocycles. The Labute approximate surface area is 270 Å². The molecule has 4 atom stereocenters. The molecule has 2 N–H and O–H groups in total. The fourth-order valence-electron chi connectivity index (χ4n) is 11.3. The zero-order valence-corrected chi connectivity index (χ0v) is 28.8. The van der Waals surface area contributed by atoms with Crippen molar-refractivity contribution >= 4 is 18.5 Å². The van der Waals surface area contributed by atoms with Gasteiger partial charge in [-0.1, -0.05) is 60.7 Å². The molecule has 4 bridgehead atoms. The quantitative estimate of drug-likeness (QED) is 0.258. The van der Waals surface area contributed by atoms with Crippen LogP contribution in [0.1, 0.15) is 68.9 Å². The van der Waals surface area contributed by atoms with E-state index in [0.717, 1.165) is 49.9 Å². The van der Waals surface area contributed by atoms with Gasteiger partial charge in [-0.2, -0.15) is 0 Å². The molecule has 0 aromatic heterocycles. The lowest BCUT2D eigenvalue weighted by Crippen LogP contribution is -2.58. The van der Waals surface area contributed by atoms with E-state index in [1.165, 1.54) is 86.2 Å². The Bertz CT molecular complexity index is 1390. The molecule has 3 aromatic rings. The molecule has 44 heavy (non-hydrogen) atoms. The monoisotopic (exact) mass is 622 g/mol. The van der Waals surface area contributed by atoms with Gasteiger partial charge in [0, 0.05) is 10.6 Å². The number of hydrogen-bond acceptors (Lipinski definition) is 2. The van der Waals surface area contributed by atoms with E-state index >= 15 is 0 Å². The molecule has 2 saturated heterocycles. The molecule has 4 unspecified atom stereocenters. The molecule has 2 aliphatic heterocycles. The van der Waals surface area contributed by atoms with Gasteiger partial charge in [-0.15, -0.1) is 18.5 Å². The first-order valence-corrected chi connectivity index (χ1v) is 19.2. The summed E-state index contributed by atoms with van der Waals surface area (Å²) in [6.45, 7) is 4.59. The van der Waals surface area contributed by atoms with Crippen molar-refractivity contribution in [3.63, 3.8) is 0 Å². The molecule has 3 aromatic carbocycles. The SMILES string of the molecule is PCC1(c2cc(-c3ccccc3)c(-c3ccccc3)cc2C(P)(C2CCCNC2)C2CCCNC2)C2CC3CC(C2)CC1C3. The van der Waals surface area contributed by atoms with Crippen LogP contribution < -0.4 is 10.6 Å². The van der Waals surface area contributed by atoms with Gasteiger partial charge in [0.25, 0.3) is 0 Å². The highest BCUT2D eigenvalue weighted by Gasteiger charge is 2.59. The summed E-state index contributed by atoms with van der Waals surface area (Å²) in [4.78, 5) is 0. The minimum absolute atomic E-state index is 0.0381. The number of nitrogens with one attached hydrogen (secondary N) is 2. The average Bonchev–Trinajstić information content (AvgIpc) is 3.09. The lowest BCUT2D eigenvalue weighted by molar-refractivity contribution is -0.0508.